The molecule has 2 aromatic heterocycles. The predicted molar refractivity (Wildman–Crippen MR) is 95.2 cm³/mol. The average Bonchev–Trinajstić information content (AvgIpc) is 3.12. The molecule has 0 amide bonds. The summed E-state index contributed by atoms with van der Waals surface area (Å²) >= 11 is 0. The molecule has 0 saturated carbocycles. The smallest absolute Gasteiger partial charge is 0.266 e. The van der Waals surface area contributed by atoms with Crippen LogP contribution in [0.1, 0.15) is 39.3 Å². The fourth-order valence-electron chi connectivity index (χ4n) is 3.03. The van der Waals surface area contributed by atoms with Crippen LogP contribution >= 0.6 is 0 Å². The van der Waals surface area contributed by atoms with Crippen molar-refractivity contribution in [3.05, 3.63) is 40.6 Å². The summed E-state index contributed by atoms with van der Waals surface area (Å²) in [7, 11) is -3.56. The molecular formula is C17H24N4O4S. The summed E-state index contributed by atoms with van der Waals surface area (Å²) < 4.78 is 32.6. The Balaban J connectivity index is 1.67. The minimum absolute atomic E-state index is 0.0757. The van der Waals surface area contributed by atoms with Crippen LogP contribution in [0.2, 0.25) is 0 Å². The van der Waals surface area contributed by atoms with E-state index in [4.69, 9.17) is 0 Å². The number of rotatable bonds is 4. The Hall–Kier alpha value is -2.00. The van der Waals surface area contributed by atoms with Gasteiger partial charge in [0.25, 0.3) is 5.56 Å². The molecule has 1 fully saturated rings. The maximum absolute atomic E-state index is 12.5. The number of nitrogens with zero attached hydrogens (tertiary/aromatic N) is 4. The predicted octanol–water partition coefficient (Wildman–Crippen LogP) is 1.63. The Labute approximate surface area is 152 Å². The fourth-order valence-corrected chi connectivity index (χ4v) is 4.36. The fraction of sp³-hybridized carbons (Fsp3) is 0.588. The van der Waals surface area contributed by atoms with Crippen molar-refractivity contribution >= 4 is 10.0 Å². The highest BCUT2D eigenvalue weighted by molar-refractivity contribution is 7.89. The summed E-state index contributed by atoms with van der Waals surface area (Å²) in [5, 5.41) is 7.96. The van der Waals surface area contributed by atoms with E-state index in [0.29, 0.717) is 32.5 Å². The second kappa shape index (κ2) is 6.96. The lowest BCUT2D eigenvalue weighted by Crippen LogP contribution is -2.40. The molecule has 1 aliphatic rings. The molecule has 0 aromatic carbocycles. The Morgan fingerprint density at radius 3 is 2.50 bits per heavy atom. The van der Waals surface area contributed by atoms with Gasteiger partial charge in [0.05, 0.1) is 11.9 Å². The Kier molecular flexibility index (Phi) is 5.03. The molecule has 0 N–H and O–H groups in total. The van der Waals surface area contributed by atoms with Gasteiger partial charge in [0, 0.05) is 31.1 Å². The van der Waals surface area contributed by atoms with Gasteiger partial charge in [0.15, 0.2) is 0 Å². The van der Waals surface area contributed by atoms with Crippen LogP contribution in [0.15, 0.2) is 38.8 Å². The van der Waals surface area contributed by atoms with Crippen LogP contribution in [-0.2, 0) is 22.0 Å². The first-order chi connectivity index (χ1) is 12.2. The van der Waals surface area contributed by atoms with Gasteiger partial charge in [-0.25, -0.2) is 13.1 Å². The van der Waals surface area contributed by atoms with Crippen molar-refractivity contribution in [2.75, 3.05) is 13.1 Å². The number of hydrogen-bond acceptors (Lipinski definition) is 6. The Morgan fingerprint density at radius 1 is 1.23 bits per heavy atom. The Morgan fingerprint density at radius 2 is 1.92 bits per heavy atom. The second-order valence-corrected chi connectivity index (χ2v) is 9.63. The SMILES string of the molecule is CC(C)(C)c1ccc(=O)n(CC2CCN(S(=O)(=O)c3cnoc3)CC2)n1. The molecule has 26 heavy (non-hydrogen) atoms. The van der Waals surface area contributed by atoms with Gasteiger partial charge < -0.3 is 4.52 Å². The summed E-state index contributed by atoms with van der Waals surface area (Å²) in [5.41, 5.74) is 0.605. The van der Waals surface area contributed by atoms with Gasteiger partial charge in [0.1, 0.15) is 11.2 Å². The number of piperidine rings is 1. The number of aromatic nitrogens is 3. The Bertz CT molecular complexity index is 905. The molecule has 8 nitrogen and oxygen atoms in total. The molecule has 3 heterocycles. The number of hydrogen-bond donors (Lipinski definition) is 0. The lowest BCUT2D eigenvalue weighted by molar-refractivity contribution is 0.243. The maximum atomic E-state index is 12.5. The quantitative estimate of drug-likeness (QED) is 0.799. The van der Waals surface area contributed by atoms with E-state index < -0.39 is 10.0 Å². The van der Waals surface area contributed by atoms with Crippen molar-refractivity contribution in [1.29, 1.82) is 0 Å². The molecule has 9 heteroatoms. The zero-order valence-electron chi connectivity index (χ0n) is 15.3. The van der Waals surface area contributed by atoms with E-state index in [-0.39, 0.29) is 21.8 Å². The highest BCUT2D eigenvalue weighted by Crippen LogP contribution is 2.24. The molecule has 1 saturated heterocycles. The third kappa shape index (κ3) is 3.88. The van der Waals surface area contributed by atoms with Crippen LogP contribution < -0.4 is 5.56 Å². The monoisotopic (exact) mass is 380 g/mol. The molecule has 1 aliphatic heterocycles. The molecule has 142 valence electrons. The van der Waals surface area contributed by atoms with Crippen LogP contribution in [0, 0.1) is 5.92 Å². The first-order valence-electron chi connectivity index (χ1n) is 8.66. The van der Waals surface area contributed by atoms with Gasteiger partial charge in [-0.15, -0.1) is 0 Å². The van der Waals surface area contributed by atoms with Crippen LogP contribution in [0.25, 0.3) is 0 Å². The largest absolute Gasteiger partial charge is 0.363 e. The van der Waals surface area contributed by atoms with Crippen molar-refractivity contribution in [2.45, 2.75) is 50.5 Å². The van der Waals surface area contributed by atoms with E-state index in [1.165, 1.54) is 15.2 Å². The molecule has 0 bridgehead atoms. The van der Waals surface area contributed by atoms with Gasteiger partial charge in [0.2, 0.25) is 10.0 Å². The number of sulfonamides is 1. The zero-order chi connectivity index (χ0) is 18.9. The molecule has 2 aromatic rings. The van der Waals surface area contributed by atoms with Crippen molar-refractivity contribution in [3.63, 3.8) is 0 Å². The van der Waals surface area contributed by atoms with E-state index in [2.05, 4.69) is 35.5 Å². The van der Waals surface area contributed by atoms with E-state index in [1.54, 1.807) is 12.1 Å². The van der Waals surface area contributed by atoms with Crippen LogP contribution in [0.3, 0.4) is 0 Å². The standard InChI is InChI=1S/C17H24N4O4S/c1-17(2,3)15-4-5-16(22)21(19-15)11-13-6-8-20(9-7-13)26(23,24)14-10-18-25-12-14/h4-5,10,12-13H,6-9,11H2,1-3H3. The molecule has 0 aliphatic carbocycles. The van der Waals surface area contributed by atoms with Gasteiger partial charge >= 0.3 is 0 Å². The van der Waals surface area contributed by atoms with Crippen molar-refractivity contribution < 1.29 is 12.9 Å². The minimum Gasteiger partial charge on any atom is -0.363 e. The normalized spacial score (nSPS) is 17.5. The molecule has 0 spiro atoms. The average molecular weight is 380 g/mol. The van der Waals surface area contributed by atoms with E-state index in [0.717, 1.165) is 12.0 Å². The third-order valence-electron chi connectivity index (χ3n) is 4.69. The minimum atomic E-state index is -3.56. The summed E-state index contributed by atoms with van der Waals surface area (Å²) in [6.45, 7) is 7.48. The van der Waals surface area contributed by atoms with Crippen LogP contribution in [0.4, 0.5) is 0 Å². The van der Waals surface area contributed by atoms with E-state index in [9.17, 15) is 13.2 Å². The van der Waals surface area contributed by atoms with Crippen molar-refractivity contribution in [1.82, 2.24) is 19.2 Å². The topological polar surface area (TPSA) is 98.3 Å². The third-order valence-corrected chi connectivity index (χ3v) is 6.53. The summed E-state index contributed by atoms with van der Waals surface area (Å²) in [4.78, 5) is 12.2. The summed E-state index contributed by atoms with van der Waals surface area (Å²) in [6, 6.07) is 3.33. The highest BCUT2D eigenvalue weighted by atomic mass is 32.2. The van der Waals surface area contributed by atoms with Crippen LogP contribution in [-0.4, -0.2) is 40.7 Å². The van der Waals surface area contributed by atoms with Gasteiger partial charge in [-0.1, -0.05) is 25.9 Å². The van der Waals surface area contributed by atoms with Crippen LogP contribution in [0.5, 0.6) is 0 Å². The summed E-state index contributed by atoms with van der Waals surface area (Å²) in [5.74, 6) is 0.212. The van der Waals surface area contributed by atoms with Crippen molar-refractivity contribution in [2.24, 2.45) is 5.92 Å². The molecule has 0 atom stereocenters. The summed E-state index contributed by atoms with van der Waals surface area (Å²) in [6.07, 6.45) is 3.71. The van der Waals surface area contributed by atoms with E-state index in [1.807, 2.05) is 0 Å². The van der Waals surface area contributed by atoms with Gasteiger partial charge in [-0.3, -0.25) is 4.79 Å². The molecule has 3 rings (SSSR count). The molecular weight excluding hydrogens is 356 g/mol. The van der Waals surface area contributed by atoms with Crippen molar-refractivity contribution in [3.8, 4) is 0 Å². The lowest BCUT2D eigenvalue weighted by atomic mass is 9.92. The highest BCUT2D eigenvalue weighted by Gasteiger charge is 2.31. The second-order valence-electron chi connectivity index (χ2n) is 7.70. The van der Waals surface area contributed by atoms with E-state index >= 15 is 0 Å². The lowest BCUT2D eigenvalue weighted by Gasteiger charge is -2.31. The molecule has 0 unspecified atom stereocenters. The maximum Gasteiger partial charge on any atom is 0.266 e. The first-order valence-corrected chi connectivity index (χ1v) is 10.1. The van der Waals surface area contributed by atoms with Gasteiger partial charge in [-0.2, -0.15) is 9.40 Å². The van der Waals surface area contributed by atoms with Gasteiger partial charge in [-0.05, 0) is 24.8 Å². The first kappa shape index (κ1) is 18.8. The molecule has 0 radical (unpaired) electrons. The zero-order valence-corrected chi connectivity index (χ0v) is 16.1.